The van der Waals surface area contributed by atoms with Crippen LogP contribution in [0.15, 0.2) is 4.99 Å². The molecule has 154 valence electrons. The van der Waals surface area contributed by atoms with Gasteiger partial charge in [0, 0.05) is 71.9 Å². The van der Waals surface area contributed by atoms with Gasteiger partial charge in [-0.1, -0.05) is 13.8 Å². The van der Waals surface area contributed by atoms with Crippen LogP contribution < -0.4 is 5.32 Å². The van der Waals surface area contributed by atoms with E-state index in [0.717, 1.165) is 45.3 Å². The van der Waals surface area contributed by atoms with Gasteiger partial charge in [-0.25, -0.2) is 0 Å². The molecule has 7 heteroatoms. The molecule has 0 radical (unpaired) electrons. The maximum absolute atomic E-state index is 5.32. The minimum Gasteiger partial charge on any atom is -0.384 e. The highest BCUT2D eigenvalue weighted by atomic mass is 127. The van der Waals surface area contributed by atoms with E-state index in [1.54, 1.807) is 7.11 Å². The van der Waals surface area contributed by atoms with Gasteiger partial charge in [0.2, 0.25) is 0 Å². The van der Waals surface area contributed by atoms with Crippen molar-refractivity contribution in [3.63, 3.8) is 0 Å². The van der Waals surface area contributed by atoms with Crippen molar-refractivity contribution >= 4 is 29.9 Å². The van der Waals surface area contributed by atoms with E-state index in [2.05, 4.69) is 40.8 Å². The molecule has 2 aliphatic heterocycles. The number of guanidine groups is 1. The van der Waals surface area contributed by atoms with E-state index in [1.165, 1.54) is 39.1 Å². The molecule has 2 heterocycles. The topological polar surface area (TPSA) is 43.3 Å². The first-order chi connectivity index (χ1) is 12.2. The van der Waals surface area contributed by atoms with E-state index in [1.807, 2.05) is 0 Å². The van der Waals surface area contributed by atoms with Gasteiger partial charge in [-0.2, -0.15) is 0 Å². The second-order valence-electron chi connectivity index (χ2n) is 7.59. The molecule has 2 saturated heterocycles. The van der Waals surface area contributed by atoms with Crippen LogP contribution in [-0.4, -0.2) is 99.8 Å². The fourth-order valence-corrected chi connectivity index (χ4v) is 3.85. The van der Waals surface area contributed by atoms with E-state index >= 15 is 0 Å². The van der Waals surface area contributed by atoms with Crippen molar-refractivity contribution in [3.05, 3.63) is 0 Å². The molecule has 26 heavy (non-hydrogen) atoms. The fraction of sp³-hybridized carbons (Fsp3) is 0.947. The Kier molecular flexibility index (Phi) is 12.1. The zero-order chi connectivity index (χ0) is 18.1. The van der Waals surface area contributed by atoms with Crippen LogP contribution in [0.5, 0.6) is 0 Å². The van der Waals surface area contributed by atoms with E-state index in [-0.39, 0.29) is 24.0 Å². The summed E-state index contributed by atoms with van der Waals surface area (Å²) in [5.41, 5.74) is 0. The summed E-state index contributed by atoms with van der Waals surface area (Å²) >= 11 is 0. The van der Waals surface area contributed by atoms with Crippen molar-refractivity contribution in [2.75, 3.05) is 79.2 Å². The molecule has 2 unspecified atom stereocenters. The Hall–Kier alpha value is -0.120. The molecule has 0 aromatic carbocycles. The predicted molar refractivity (Wildman–Crippen MR) is 121 cm³/mol. The summed E-state index contributed by atoms with van der Waals surface area (Å²) in [6.45, 7) is 18.7. The molecule has 0 spiro atoms. The van der Waals surface area contributed by atoms with Gasteiger partial charge in [0.1, 0.15) is 0 Å². The summed E-state index contributed by atoms with van der Waals surface area (Å²) in [4.78, 5) is 12.5. The average Bonchev–Trinajstić information content (AvgIpc) is 3.08. The Labute approximate surface area is 177 Å². The molecule has 0 amide bonds. The van der Waals surface area contributed by atoms with Gasteiger partial charge in [-0.3, -0.25) is 4.99 Å². The first-order valence-electron chi connectivity index (χ1n) is 10.1. The number of rotatable bonds is 8. The Morgan fingerprint density at radius 2 is 1.85 bits per heavy atom. The van der Waals surface area contributed by atoms with Crippen molar-refractivity contribution in [2.45, 2.75) is 27.2 Å². The minimum atomic E-state index is 0. The average molecular weight is 481 g/mol. The highest BCUT2D eigenvalue weighted by Crippen LogP contribution is 2.16. The summed E-state index contributed by atoms with van der Waals surface area (Å²) in [6.07, 6.45) is 1.20. The van der Waals surface area contributed by atoms with Gasteiger partial charge >= 0.3 is 0 Å². The smallest absolute Gasteiger partial charge is 0.193 e. The third kappa shape index (κ3) is 7.86. The van der Waals surface area contributed by atoms with Gasteiger partial charge in [0.25, 0.3) is 0 Å². The van der Waals surface area contributed by atoms with E-state index in [9.17, 15) is 0 Å². The van der Waals surface area contributed by atoms with Crippen LogP contribution in [0.1, 0.15) is 27.2 Å². The Morgan fingerprint density at radius 1 is 1.15 bits per heavy atom. The standard InChI is InChI=1S/C19H39N5O.HI/c1-5-20-19(24-8-7-18(15-24)16-25-4)21-13-17(3)14-23-11-9-22(6-2)10-12-23;/h17-18H,5-16H2,1-4H3,(H,20,21);1H. The number of piperazine rings is 1. The molecular formula is C19H40IN5O. The predicted octanol–water partition coefficient (Wildman–Crippen LogP) is 1.81. The van der Waals surface area contributed by atoms with Crippen LogP contribution in [0, 0.1) is 11.8 Å². The highest BCUT2D eigenvalue weighted by molar-refractivity contribution is 14.0. The van der Waals surface area contributed by atoms with Gasteiger partial charge in [0.15, 0.2) is 5.96 Å². The van der Waals surface area contributed by atoms with Gasteiger partial charge in [-0.05, 0) is 25.8 Å². The van der Waals surface area contributed by atoms with E-state index in [0.29, 0.717) is 11.8 Å². The van der Waals surface area contributed by atoms with Crippen molar-refractivity contribution in [3.8, 4) is 0 Å². The van der Waals surface area contributed by atoms with Crippen molar-refractivity contribution in [1.29, 1.82) is 0 Å². The van der Waals surface area contributed by atoms with E-state index in [4.69, 9.17) is 9.73 Å². The summed E-state index contributed by atoms with van der Waals surface area (Å²) < 4.78 is 5.32. The highest BCUT2D eigenvalue weighted by Gasteiger charge is 2.25. The van der Waals surface area contributed by atoms with Crippen LogP contribution >= 0.6 is 24.0 Å². The fourth-order valence-electron chi connectivity index (χ4n) is 3.85. The van der Waals surface area contributed by atoms with Crippen molar-refractivity contribution in [1.82, 2.24) is 20.0 Å². The molecule has 0 aromatic heterocycles. The first-order valence-corrected chi connectivity index (χ1v) is 10.1. The molecule has 0 aliphatic carbocycles. The molecular weight excluding hydrogens is 441 g/mol. The lowest BCUT2D eigenvalue weighted by atomic mass is 10.1. The molecule has 2 fully saturated rings. The second-order valence-corrected chi connectivity index (χ2v) is 7.59. The number of hydrogen-bond acceptors (Lipinski definition) is 4. The Balaban J connectivity index is 0.00000338. The number of methoxy groups -OCH3 is 1. The van der Waals surface area contributed by atoms with Crippen LogP contribution in [0.3, 0.4) is 0 Å². The van der Waals surface area contributed by atoms with Crippen molar-refractivity contribution in [2.24, 2.45) is 16.8 Å². The quantitative estimate of drug-likeness (QED) is 0.326. The summed E-state index contributed by atoms with van der Waals surface area (Å²) in [6, 6.07) is 0. The molecule has 0 bridgehead atoms. The molecule has 2 rings (SSSR count). The van der Waals surface area contributed by atoms with E-state index < -0.39 is 0 Å². The number of aliphatic imine (C=N–C) groups is 1. The van der Waals surface area contributed by atoms with Gasteiger partial charge in [-0.15, -0.1) is 24.0 Å². The minimum absolute atomic E-state index is 0. The second kappa shape index (κ2) is 13.1. The normalized spacial score (nSPS) is 23.8. The maximum Gasteiger partial charge on any atom is 0.193 e. The van der Waals surface area contributed by atoms with Crippen LogP contribution in [-0.2, 0) is 4.74 Å². The zero-order valence-corrected chi connectivity index (χ0v) is 19.6. The molecule has 1 N–H and O–H groups in total. The lowest BCUT2D eigenvalue weighted by Crippen LogP contribution is -2.47. The van der Waals surface area contributed by atoms with Gasteiger partial charge < -0.3 is 24.8 Å². The Morgan fingerprint density at radius 3 is 2.46 bits per heavy atom. The summed E-state index contributed by atoms with van der Waals surface area (Å²) in [5, 5.41) is 3.47. The number of nitrogens with one attached hydrogen (secondary N) is 1. The summed E-state index contributed by atoms with van der Waals surface area (Å²) in [7, 11) is 1.80. The lowest BCUT2D eigenvalue weighted by molar-refractivity contribution is 0.125. The number of halogens is 1. The largest absolute Gasteiger partial charge is 0.384 e. The number of nitrogens with zero attached hydrogens (tertiary/aromatic N) is 4. The molecule has 0 aromatic rings. The Bertz CT molecular complexity index is 401. The maximum atomic E-state index is 5.32. The number of ether oxygens (including phenoxy) is 1. The number of likely N-dealkylation sites (N-methyl/N-ethyl adjacent to an activating group) is 1. The van der Waals surface area contributed by atoms with Crippen LogP contribution in [0.25, 0.3) is 0 Å². The SMILES string of the molecule is CCNC(=NCC(C)CN1CCN(CC)CC1)N1CCC(COC)C1.I. The number of hydrogen-bond donors (Lipinski definition) is 1. The number of likely N-dealkylation sites (tertiary alicyclic amines) is 1. The van der Waals surface area contributed by atoms with Crippen LogP contribution in [0.2, 0.25) is 0 Å². The van der Waals surface area contributed by atoms with Crippen LogP contribution in [0.4, 0.5) is 0 Å². The molecule has 6 nitrogen and oxygen atoms in total. The monoisotopic (exact) mass is 481 g/mol. The third-order valence-corrected chi connectivity index (χ3v) is 5.36. The third-order valence-electron chi connectivity index (χ3n) is 5.36. The molecule has 2 aliphatic rings. The molecule has 2 atom stereocenters. The zero-order valence-electron chi connectivity index (χ0n) is 17.2. The molecule has 0 saturated carbocycles. The summed E-state index contributed by atoms with van der Waals surface area (Å²) in [5.74, 6) is 2.32. The lowest BCUT2D eigenvalue weighted by Gasteiger charge is -2.35. The first kappa shape index (κ1) is 23.9. The van der Waals surface area contributed by atoms with Crippen molar-refractivity contribution < 1.29 is 4.74 Å². The van der Waals surface area contributed by atoms with Gasteiger partial charge in [0.05, 0.1) is 6.61 Å².